The molecule has 0 saturated carbocycles. The molecule has 0 atom stereocenters. The van der Waals surface area contributed by atoms with Crippen LogP contribution in [0.5, 0.6) is 0 Å². The SMILES string of the molecule is C1=CCN(CCCC2CCNCC2)C=C1. The molecule has 2 nitrogen and oxygen atoms in total. The van der Waals surface area contributed by atoms with E-state index in [0.717, 1.165) is 12.5 Å². The maximum absolute atomic E-state index is 3.42. The van der Waals surface area contributed by atoms with Crippen LogP contribution in [0.4, 0.5) is 0 Å². The molecule has 84 valence electrons. The lowest BCUT2D eigenvalue weighted by Gasteiger charge is -2.25. The van der Waals surface area contributed by atoms with Gasteiger partial charge in [0.05, 0.1) is 0 Å². The monoisotopic (exact) mass is 206 g/mol. The van der Waals surface area contributed by atoms with Gasteiger partial charge in [0.2, 0.25) is 0 Å². The van der Waals surface area contributed by atoms with E-state index in [1.807, 2.05) is 0 Å². The Morgan fingerprint density at radius 1 is 1.20 bits per heavy atom. The summed E-state index contributed by atoms with van der Waals surface area (Å²) in [6.45, 7) is 4.79. The van der Waals surface area contributed by atoms with E-state index in [0.29, 0.717) is 0 Å². The van der Waals surface area contributed by atoms with Crippen molar-refractivity contribution in [2.75, 3.05) is 26.2 Å². The zero-order valence-electron chi connectivity index (χ0n) is 9.49. The summed E-state index contributed by atoms with van der Waals surface area (Å²) in [4.78, 5) is 2.40. The minimum atomic E-state index is 0.982. The highest BCUT2D eigenvalue weighted by Crippen LogP contribution is 2.18. The average molecular weight is 206 g/mol. The average Bonchev–Trinajstić information content (AvgIpc) is 2.32. The van der Waals surface area contributed by atoms with Crippen LogP contribution >= 0.6 is 0 Å². The summed E-state index contributed by atoms with van der Waals surface area (Å²) in [5.74, 6) is 0.982. The standard InChI is InChI=1S/C13H22N2/c1-2-10-15(11-3-1)12-4-5-13-6-8-14-9-7-13/h1-3,10,13-14H,4-9,11-12H2. The lowest BCUT2D eigenvalue weighted by Crippen LogP contribution is -2.28. The van der Waals surface area contributed by atoms with Gasteiger partial charge in [-0.05, 0) is 57.0 Å². The second-order valence-corrected chi connectivity index (χ2v) is 4.60. The summed E-state index contributed by atoms with van der Waals surface area (Å²) in [7, 11) is 0. The van der Waals surface area contributed by atoms with Gasteiger partial charge in [-0.3, -0.25) is 0 Å². The maximum atomic E-state index is 3.42. The highest BCUT2D eigenvalue weighted by Gasteiger charge is 2.12. The fourth-order valence-corrected chi connectivity index (χ4v) is 2.43. The number of rotatable bonds is 4. The third-order valence-electron chi connectivity index (χ3n) is 3.40. The minimum absolute atomic E-state index is 0.982. The van der Waals surface area contributed by atoms with E-state index < -0.39 is 0 Å². The molecular formula is C13H22N2. The molecule has 1 fully saturated rings. The van der Waals surface area contributed by atoms with E-state index in [1.165, 1.54) is 45.3 Å². The molecular weight excluding hydrogens is 184 g/mol. The number of nitrogens with zero attached hydrogens (tertiary/aromatic N) is 1. The molecule has 2 heterocycles. The van der Waals surface area contributed by atoms with Crippen molar-refractivity contribution >= 4 is 0 Å². The first kappa shape index (κ1) is 10.7. The van der Waals surface area contributed by atoms with Crippen LogP contribution in [0.1, 0.15) is 25.7 Å². The molecule has 0 spiro atoms. The maximum Gasteiger partial charge on any atom is 0.0357 e. The third-order valence-corrected chi connectivity index (χ3v) is 3.40. The number of hydrogen-bond acceptors (Lipinski definition) is 2. The van der Waals surface area contributed by atoms with Gasteiger partial charge in [-0.25, -0.2) is 0 Å². The molecule has 2 rings (SSSR count). The van der Waals surface area contributed by atoms with Crippen LogP contribution in [-0.2, 0) is 0 Å². The molecule has 0 aromatic heterocycles. The summed E-state index contributed by atoms with van der Waals surface area (Å²) < 4.78 is 0. The minimum Gasteiger partial charge on any atom is -0.374 e. The molecule has 0 unspecified atom stereocenters. The summed E-state index contributed by atoms with van der Waals surface area (Å²) in [5.41, 5.74) is 0. The quantitative estimate of drug-likeness (QED) is 0.758. The van der Waals surface area contributed by atoms with Crippen LogP contribution < -0.4 is 5.32 Å². The van der Waals surface area contributed by atoms with Crippen LogP contribution in [0.2, 0.25) is 0 Å². The number of allylic oxidation sites excluding steroid dienone is 2. The Hall–Kier alpha value is -0.760. The van der Waals surface area contributed by atoms with Crippen LogP contribution in [0.3, 0.4) is 0 Å². The third kappa shape index (κ3) is 3.71. The first-order chi connectivity index (χ1) is 7.45. The Morgan fingerprint density at radius 3 is 2.80 bits per heavy atom. The first-order valence-corrected chi connectivity index (χ1v) is 6.23. The van der Waals surface area contributed by atoms with Crippen LogP contribution in [0.15, 0.2) is 24.4 Å². The smallest absolute Gasteiger partial charge is 0.0357 e. The van der Waals surface area contributed by atoms with E-state index in [2.05, 4.69) is 34.6 Å². The largest absolute Gasteiger partial charge is 0.374 e. The molecule has 2 aliphatic heterocycles. The van der Waals surface area contributed by atoms with E-state index in [1.54, 1.807) is 0 Å². The molecule has 0 radical (unpaired) electrons. The van der Waals surface area contributed by atoms with Crippen LogP contribution in [0.25, 0.3) is 0 Å². The second kappa shape index (κ2) is 5.96. The van der Waals surface area contributed by atoms with E-state index in [-0.39, 0.29) is 0 Å². The van der Waals surface area contributed by atoms with Gasteiger partial charge in [-0.2, -0.15) is 0 Å². The van der Waals surface area contributed by atoms with Gasteiger partial charge in [0, 0.05) is 13.1 Å². The van der Waals surface area contributed by atoms with Gasteiger partial charge in [0.1, 0.15) is 0 Å². The van der Waals surface area contributed by atoms with Crippen molar-refractivity contribution < 1.29 is 0 Å². The Bertz CT molecular complexity index is 227. The Balaban J connectivity index is 1.57. The predicted molar refractivity (Wildman–Crippen MR) is 64.7 cm³/mol. The molecule has 1 N–H and O–H groups in total. The predicted octanol–water partition coefficient (Wildman–Crippen LogP) is 2.15. The van der Waals surface area contributed by atoms with Crippen molar-refractivity contribution in [1.82, 2.24) is 10.2 Å². The van der Waals surface area contributed by atoms with Gasteiger partial charge in [0.25, 0.3) is 0 Å². The molecule has 0 amide bonds. The van der Waals surface area contributed by atoms with Crippen molar-refractivity contribution in [1.29, 1.82) is 0 Å². The van der Waals surface area contributed by atoms with E-state index >= 15 is 0 Å². The zero-order valence-corrected chi connectivity index (χ0v) is 9.49. The normalized spacial score (nSPS) is 22.3. The van der Waals surface area contributed by atoms with Crippen molar-refractivity contribution in [3.05, 3.63) is 24.4 Å². The summed E-state index contributed by atoms with van der Waals surface area (Å²) in [6, 6.07) is 0. The van der Waals surface area contributed by atoms with Gasteiger partial charge in [0.15, 0.2) is 0 Å². The lowest BCUT2D eigenvalue weighted by atomic mass is 9.93. The number of piperidine rings is 1. The molecule has 15 heavy (non-hydrogen) atoms. The van der Waals surface area contributed by atoms with Gasteiger partial charge in [-0.1, -0.05) is 12.2 Å². The summed E-state index contributed by atoms with van der Waals surface area (Å²) >= 11 is 0. The molecule has 2 aliphatic rings. The topological polar surface area (TPSA) is 15.3 Å². The van der Waals surface area contributed by atoms with Gasteiger partial charge < -0.3 is 10.2 Å². The molecule has 2 heteroatoms. The van der Waals surface area contributed by atoms with Crippen LogP contribution in [0, 0.1) is 5.92 Å². The fourth-order valence-electron chi connectivity index (χ4n) is 2.43. The Labute approximate surface area is 93.0 Å². The molecule has 0 aromatic carbocycles. The van der Waals surface area contributed by atoms with Crippen molar-refractivity contribution in [2.24, 2.45) is 5.92 Å². The van der Waals surface area contributed by atoms with E-state index in [4.69, 9.17) is 0 Å². The number of hydrogen-bond donors (Lipinski definition) is 1. The van der Waals surface area contributed by atoms with Gasteiger partial charge >= 0.3 is 0 Å². The second-order valence-electron chi connectivity index (χ2n) is 4.60. The fraction of sp³-hybridized carbons (Fsp3) is 0.692. The van der Waals surface area contributed by atoms with E-state index in [9.17, 15) is 0 Å². The lowest BCUT2D eigenvalue weighted by molar-refractivity contribution is 0.319. The molecule has 0 bridgehead atoms. The Morgan fingerprint density at radius 2 is 2.07 bits per heavy atom. The molecule has 1 saturated heterocycles. The Kier molecular flexibility index (Phi) is 4.27. The zero-order chi connectivity index (χ0) is 10.3. The molecule has 0 aromatic rings. The molecule has 0 aliphatic carbocycles. The van der Waals surface area contributed by atoms with Gasteiger partial charge in [-0.15, -0.1) is 0 Å². The summed E-state index contributed by atoms with van der Waals surface area (Å²) in [6.07, 6.45) is 14.2. The first-order valence-electron chi connectivity index (χ1n) is 6.23. The van der Waals surface area contributed by atoms with Crippen molar-refractivity contribution in [3.63, 3.8) is 0 Å². The highest BCUT2D eigenvalue weighted by molar-refractivity contribution is 5.08. The van der Waals surface area contributed by atoms with Crippen molar-refractivity contribution in [2.45, 2.75) is 25.7 Å². The summed E-state index contributed by atoms with van der Waals surface area (Å²) in [5, 5.41) is 3.42. The van der Waals surface area contributed by atoms with Crippen LogP contribution in [-0.4, -0.2) is 31.1 Å². The van der Waals surface area contributed by atoms with Crippen molar-refractivity contribution in [3.8, 4) is 0 Å². The highest BCUT2D eigenvalue weighted by atomic mass is 15.1. The number of nitrogens with one attached hydrogen (secondary N) is 1.